The van der Waals surface area contributed by atoms with Crippen LogP contribution in [0.1, 0.15) is 0 Å². The lowest BCUT2D eigenvalue weighted by atomic mass is 10.1. The first-order valence-corrected chi connectivity index (χ1v) is 7.54. The van der Waals surface area contributed by atoms with Crippen LogP contribution in [0.2, 0.25) is 5.02 Å². The quantitative estimate of drug-likeness (QED) is 0.711. The Morgan fingerprint density at radius 1 is 0.870 bits per heavy atom. The molecule has 0 aliphatic carbocycles. The van der Waals surface area contributed by atoms with E-state index in [0.29, 0.717) is 10.7 Å². The van der Waals surface area contributed by atoms with Gasteiger partial charge in [0, 0.05) is 18.2 Å². The van der Waals surface area contributed by atoms with Crippen LogP contribution in [-0.2, 0) is 7.05 Å². The van der Waals surface area contributed by atoms with Gasteiger partial charge in [-0.1, -0.05) is 35.9 Å². The molecule has 5 heteroatoms. The van der Waals surface area contributed by atoms with Gasteiger partial charge in [-0.25, -0.2) is 0 Å². The Balaban J connectivity index is 2.21. The van der Waals surface area contributed by atoms with Gasteiger partial charge in [0.1, 0.15) is 17.2 Å². The number of aromatic nitrogens is 2. The maximum absolute atomic E-state index is 6.66. The second-order valence-electron chi connectivity index (χ2n) is 5.04. The number of ether oxygens (including phenoxy) is 2. The Hall–Kier alpha value is -2.46. The largest absolute Gasteiger partial charge is 0.496 e. The van der Waals surface area contributed by atoms with Crippen molar-refractivity contribution >= 4 is 11.6 Å². The number of halogens is 1. The second-order valence-corrected chi connectivity index (χ2v) is 5.41. The molecule has 0 amide bonds. The normalized spacial score (nSPS) is 10.6. The lowest BCUT2D eigenvalue weighted by molar-refractivity contribution is 0.416. The zero-order valence-electron chi connectivity index (χ0n) is 13.2. The van der Waals surface area contributed by atoms with E-state index in [-0.39, 0.29) is 0 Å². The van der Waals surface area contributed by atoms with Gasteiger partial charge in [-0.3, -0.25) is 4.68 Å². The van der Waals surface area contributed by atoms with Gasteiger partial charge in [-0.05, 0) is 24.3 Å². The minimum Gasteiger partial charge on any atom is -0.496 e. The molecule has 1 heterocycles. The maximum Gasteiger partial charge on any atom is 0.128 e. The van der Waals surface area contributed by atoms with Gasteiger partial charge in [0.2, 0.25) is 0 Å². The number of aryl methyl sites for hydroxylation is 1. The fraction of sp³-hybridized carbons (Fsp3) is 0.167. The van der Waals surface area contributed by atoms with E-state index in [1.165, 1.54) is 0 Å². The Morgan fingerprint density at radius 3 is 2.00 bits per heavy atom. The highest BCUT2D eigenvalue weighted by molar-refractivity contribution is 6.35. The number of benzene rings is 2. The maximum atomic E-state index is 6.66. The van der Waals surface area contributed by atoms with Crippen molar-refractivity contribution in [1.29, 1.82) is 0 Å². The Bertz CT molecular complexity index is 843. The molecule has 0 fully saturated rings. The minimum absolute atomic E-state index is 0.571. The number of hydrogen-bond donors (Lipinski definition) is 0. The van der Waals surface area contributed by atoms with E-state index in [0.717, 1.165) is 28.3 Å². The molecule has 3 aromatic rings. The standard InChI is InChI=1S/C18H17ClN2O2/c1-21-18(13-9-5-7-11-15(13)23-3)16(19)17(20-21)12-8-4-6-10-14(12)22-2/h4-11H,1-3H3. The number of hydrogen-bond acceptors (Lipinski definition) is 3. The number of methoxy groups -OCH3 is 2. The minimum atomic E-state index is 0.571. The van der Waals surface area contributed by atoms with E-state index >= 15 is 0 Å². The summed E-state index contributed by atoms with van der Waals surface area (Å²) in [5.41, 5.74) is 3.26. The molecule has 0 unspecified atom stereocenters. The van der Waals surface area contributed by atoms with Gasteiger partial charge in [0.05, 0.1) is 24.9 Å². The molecule has 0 saturated carbocycles. The first-order valence-electron chi connectivity index (χ1n) is 7.16. The van der Waals surface area contributed by atoms with E-state index in [9.17, 15) is 0 Å². The van der Waals surface area contributed by atoms with Crippen LogP contribution < -0.4 is 9.47 Å². The van der Waals surface area contributed by atoms with E-state index < -0.39 is 0 Å². The molecule has 1 aromatic heterocycles. The van der Waals surface area contributed by atoms with Crippen molar-refractivity contribution < 1.29 is 9.47 Å². The van der Waals surface area contributed by atoms with Gasteiger partial charge in [-0.2, -0.15) is 5.10 Å². The van der Waals surface area contributed by atoms with Crippen molar-refractivity contribution in [2.24, 2.45) is 7.05 Å². The van der Waals surface area contributed by atoms with Crippen LogP contribution in [0.3, 0.4) is 0 Å². The highest BCUT2D eigenvalue weighted by Gasteiger charge is 2.21. The van der Waals surface area contributed by atoms with Crippen LogP contribution in [0.15, 0.2) is 48.5 Å². The smallest absolute Gasteiger partial charge is 0.128 e. The predicted octanol–water partition coefficient (Wildman–Crippen LogP) is 4.42. The molecule has 0 radical (unpaired) electrons. The van der Waals surface area contributed by atoms with E-state index in [1.54, 1.807) is 18.9 Å². The lowest BCUT2D eigenvalue weighted by Crippen LogP contribution is -1.96. The zero-order chi connectivity index (χ0) is 16.4. The fourth-order valence-corrected chi connectivity index (χ4v) is 3.01. The van der Waals surface area contributed by atoms with Crippen molar-refractivity contribution in [3.8, 4) is 34.0 Å². The van der Waals surface area contributed by atoms with Gasteiger partial charge >= 0.3 is 0 Å². The van der Waals surface area contributed by atoms with E-state index in [2.05, 4.69) is 5.10 Å². The summed E-state index contributed by atoms with van der Waals surface area (Å²) < 4.78 is 12.6. The van der Waals surface area contributed by atoms with Crippen molar-refractivity contribution in [1.82, 2.24) is 9.78 Å². The van der Waals surface area contributed by atoms with E-state index in [1.807, 2.05) is 55.6 Å². The molecule has 0 atom stereocenters. The van der Waals surface area contributed by atoms with Crippen molar-refractivity contribution in [2.45, 2.75) is 0 Å². The first-order chi connectivity index (χ1) is 11.2. The van der Waals surface area contributed by atoms with Crippen LogP contribution in [0.5, 0.6) is 11.5 Å². The summed E-state index contributed by atoms with van der Waals surface area (Å²) in [6.07, 6.45) is 0. The molecule has 0 aliphatic heterocycles. The van der Waals surface area contributed by atoms with Crippen LogP contribution in [-0.4, -0.2) is 24.0 Å². The monoisotopic (exact) mass is 328 g/mol. The Kier molecular flexibility index (Phi) is 4.26. The summed E-state index contributed by atoms with van der Waals surface area (Å²) in [4.78, 5) is 0. The van der Waals surface area contributed by atoms with Crippen molar-refractivity contribution in [2.75, 3.05) is 14.2 Å². The van der Waals surface area contributed by atoms with Gasteiger partial charge in [0.15, 0.2) is 0 Å². The molecule has 0 spiro atoms. The average molecular weight is 329 g/mol. The third-order valence-electron chi connectivity index (χ3n) is 3.71. The molecular weight excluding hydrogens is 312 g/mol. The summed E-state index contributed by atoms with van der Waals surface area (Å²) >= 11 is 6.66. The first kappa shape index (κ1) is 15.4. The van der Waals surface area contributed by atoms with Crippen molar-refractivity contribution in [3.63, 3.8) is 0 Å². The highest BCUT2D eigenvalue weighted by Crippen LogP contribution is 2.41. The van der Waals surface area contributed by atoms with Crippen LogP contribution in [0.4, 0.5) is 0 Å². The van der Waals surface area contributed by atoms with Crippen LogP contribution in [0, 0.1) is 0 Å². The molecule has 0 N–H and O–H groups in total. The molecular formula is C18H17ClN2O2. The molecule has 23 heavy (non-hydrogen) atoms. The average Bonchev–Trinajstić information content (AvgIpc) is 2.89. The fourth-order valence-electron chi connectivity index (χ4n) is 2.64. The molecule has 0 aliphatic rings. The SMILES string of the molecule is COc1ccccc1-c1nn(C)c(-c2ccccc2OC)c1Cl. The van der Waals surface area contributed by atoms with Gasteiger partial charge in [0.25, 0.3) is 0 Å². The number of nitrogens with zero attached hydrogens (tertiary/aromatic N) is 2. The zero-order valence-corrected chi connectivity index (χ0v) is 14.0. The Morgan fingerprint density at radius 2 is 1.39 bits per heavy atom. The van der Waals surface area contributed by atoms with Crippen LogP contribution in [0.25, 0.3) is 22.5 Å². The predicted molar refractivity (Wildman–Crippen MR) is 92.2 cm³/mol. The van der Waals surface area contributed by atoms with Gasteiger partial charge in [-0.15, -0.1) is 0 Å². The molecule has 0 saturated heterocycles. The topological polar surface area (TPSA) is 36.3 Å². The number of para-hydroxylation sites is 2. The summed E-state index contributed by atoms with van der Waals surface area (Å²) in [5.74, 6) is 1.49. The third-order valence-corrected chi connectivity index (χ3v) is 4.07. The second kappa shape index (κ2) is 6.34. The summed E-state index contributed by atoms with van der Waals surface area (Å²) in [5, 5.41) is 5.16. The van der Waals surface area contributed by atoms with Crippen molar-refractivity contribution in [3.05, 3.63) is 53.6 Å². The molecule has 3 rings (SSSR count). The molecule has 4 nitrogen and oxygen atoms in total. The Labute approximate surface area is 140 Å². The summed E-state index contributed by atoms with van der Waals surface area (Å²) in [7, 11) is 5.15. The molecule has 0 bridgehead atoms. The highest BCUT2D eigenvalue weighted by atomic mass is 35.5. The lowest BCUT2D eigenvalue weighted by Gasteiger charge is -2.09. The van der Waals surface area contributed by atoms with E-state index in [4.69, 9.17) is 21.1 Å². The third kappa shape index (κ3) is 2.66. The summed E-state index contributed by atoms with van der Waals surface area (Å²) in [6.45, 7) is 0. The summed E-state index contributed by atoms with van der Waals surface area (Å²) in [6, 6.07) is 15.4. The molecule has 118 valence electrons. The number of rotatable bonds is 4. The van der Waals surface area contributed by atoms with Crippen LogP contribution >= 0.6 is 11.6 Å². The van der Waals surface area contributed by atoms with Gasteiger partial charge < -0.3 is 9.47 Å². The molecule has 2 aromatic carbocycles.